The van der Waals surface area contributed by atoms with Crippen LogP contribution >= 0.6 is 11.8 Å². The van der Waals surface area contributed by atoms with Crippen LogP contribution in [0, 0.1) is 0 Å². The first-order valence-electron chi connectivity index (χ1n) is 6.49. The first-order chi connectivity index (χ1) is 10.2. The number of thioether (sulfide) groups is 1. The minimum absolute atomic E-state index is 0.0274. The number of rotatable bonds is 4. The number of fused-ring (bicyclic) bond motifs is 1. The van der Waals surface area contributed by atoms with Crippen molar-refractivity contribution in [3.8, 4) is 0 Å². The van der Waals surface area contributed by atoms with E-state index in [0.717, 1.165) is 11.2 Å². The van der Waals surface area contributed by atoms with Gasteiger partial charge in [-0.15, -0.1) is 0 Å². The molecule has 0 bridgehead atoms. The van der Waals surface area contributed by atoms with Crippen molar-refractivity contribution < 1.29 is 4.79 Å². The molecular weight excluding hydrogens is 284 g/mol. The number of carbonyl (C=O) groups is 1. The molecule has 5 nitrogen and oxygen atoms in total. The number of para-hydroxylation sites is 1. The SMILES string of the molecule is CN(C(=O)CSc1nc2ncccc2[nH]1)c1ccccc1. The Hall–Kier alpha value is -2.34. The highest BCUT2D eigenvalue weighted by Crippen LogP contribution is 2.19. The van der Waals surface area contributed by atoms with Crippen LogP contribution in [0.3, 0.4) is 0 Å². The molecule has 2 aromatic heterocycles. The van der Waals surface area contributed by atoms with Gasteiger partial charge in [0.2, 0.25) is 5.91 Å². The van der Waals surface area contributed by atoms with Gasteiger partial charge in [-0.1, -0.05) is 30.0 Å². The molecule has 3 rings (SSSR count). The average Bonchev–Trinajstić information content (AvgIpc) is 2.95. The van der Waals surface area contributed by atoms with Crippen LogP contribution in [0.1, 0.15) is 0 Å². The number of anilines is 1. The number of amides is 1. The minimum atomic E-state index is 0.0274. The molecule has 1 N–H and O–H groups in total. The fraction of sp³-hybridized carbons (Fsp3) is 0.133. The number of benzene rings is 1. The molecule has 106 valence electrons. The largest absolute Gasteiger partial charge is 0.332 e. The topological polar surface area (TPSA) is 61.9 Å². The summed E-state index contributed by atoms with van der Waals surface area (Å²) in [5.74, 6) is 0.352. The molecule has 2 heterocycles. The van der Waals surface area contributed by atoms with Crippen molar-refractivity contribution in [2.45, 2.75) is 5.16 Å². The van der Waals surface area contributed by atoms with Crippen molar-refractivity contribution in [3.05, 3.63) is 48.7 Å². The molecule has 6 heteroatoms. The van der Waals surface area contributed by atoms with Gasteiger partial charge in [0.05, 0.1) is 11.3 Å². The molecule has 0 saturated carbocycles. The van der Waals surface area contributed by atoms with Crippen LogP contribution in [-0.2, 0) is 4.79 Å². The summed E-state index contributed by atoms with van der Waals surface area (Å²) in [7, 11) is 1.78. The molecule has 0 saturated heterocycles. The molecule has 0 aliphatic heterocycles. The number of nitrogens with one attached hydrogen (secondary N) is 1. The monoisotopic (exact) mass is 298 g/mol. The van der Waals surface area contributed by atoms with E-state index in [-0.39, 0.29) is 5.91 Å². The summed E-state index contributed by atoms with van der Waals surface area (Å²) in [6, 6.07) is 13.3. The summed E-state index contributed by atoms with van der Waals surface area (Å²) in [6.07, 6.45) is 1.70. The number of hydrogen-bond acceptors (Lipinski definition) is 4. The Bertz CT molecular complexity index is 723. The predicted molar refractivity (Wildman–Crippen MR) is 84.5 cm³/mol. The number of aromatic amines is 1. The summed E-state index contributed by atoms with van der Waals surface area (Å²) in [4.78, 5) is 25.5. The second-order valence-corrected chi connectivity index (χ2v) is 5.46. The van der Waals surface area contributed by atoms with Crippen LogP contribution in [0.2, 0.25) is 0 Å². The van der Waals surface area contributed by atoms with Gasteiger partial charge in [-0.05, 0) is 24.3 Å². The molecule has 0 spiro atoms. The second kappa shape index (κ2) is 5.97. The second-order valence-electron chi connectivity index (χ2n) is 4.49. The van der Waals surface area contributed by atoms with E-state index in [4.69, 9.17) is 0 Å². The maximum Gasteiger partial charge on any atom is 0.237 e. The van der Waals surface area contributed by atoms with Gasteiger partial charge in [0.15, 0.2) is 10.8 Å². The lowest BCUT2D eigenvalue weighted by molar-refractivity contribution is -0.115. The van der Waals surface area contributed by atoms with Gasteiger partial charge < -0.3 is 9.88 Å². The zero-order valence-electron chi connectivity index (χ0n) is 11.5. The van der Waals surface area contributed by atoms with Gasteiger partial charge in [-0.25, -0.2) is 9.97 Å². The molecule has 1 aromatic carbocycles. The Balaban J connectivity index is 1.65. The molecule has 0 radical (unpaired) electrons. The van der Waals surface area contributed by atoms with E-state index in [0.29, 0.717) is 16.6 Å². The van der Waals surface area contributed by atoms with Crippen molar-refractivity contribution in [2.24, 2.45) is 0 Å². The normalized spacial score (nSPS) is 10.7. The summed E-state index contributed by atoms with van der Waals surface area (Å²) in [5, 5.41) is 0.707. The molecule has 1 amide bonds. The fourth-order valence-corrected chi connectivity index (χ4v) is 2.70. The summed E-state index contributed by atoms with van der Waals surface area (Å²) in [5.41, 5.74) is 2.43. The number of hydrogen-bond donors (Lipinski definition) is 1. The average molecular weight is 298 g/mol. The summed E-state index contributed by atoms with van der Waals surface area (Å²) in [6.45, 7) is 0. The van der Waals surface area contributed by atoms with E-state index >= 15 is 0 Å². The van der Waals surface area contributed by atoms with E-state index in [2.05, 4.69) is 15.0 Å². The first kappa shape index (κ1) is 13.6. The molecule has 3 aromatic rings. The highest BCUT2D eigenvalue weighted by Gasteiger charge is 2.12. The molecule has 0 unspecified atom stereocenters. The van der Waals surface area contributed by atoms with Gasteiger partial charge in [-0.2, -0.15) is 0 Å². The van der Waals surface area contributed by atoms with Crippen LogP contribution < -0.4 is 4.90 Å². The van der Waals surface area contributed by atoms with Gasteiger partial charge in [0.25, 0.3) is 0 Å². The third kappa shape index (κ3) is 3.05. The lowest BCUT2D eigenvalue weighted by Gasteiger charge is -2.16. The maximum absolute atomic E-state index is 12.2. The van der Waals surface area contributed by atoms with Crippen molar-refractivity contribution in [3.63, 3.8) is 0 Å². The van der Waals surface area contributed by atoms with Crippen molar-refractivity contribution in [1.82, 2.24) is 15.0 Å². The number of pyridine rings is 1. The standard InChI is InChI=1S/C15H14N4OS/c1-19(11-6-3-2-4-7-11)13(20)10-21-15-17-12-8-5-9-16-14(12)18-15/h2-9H,10H2,1H3,(H,16,17,18). The Morgan fingerprint density at radius 3 is 2.81 bits per heavy atom. The smallest absolute Gasteiger partial charge is 0.237 e. The number of nitrogens with zero attached hydrogens (tertiary/aromatic N) is 3. The van der Waals surface area contributed by atoms with Gasteiger partial charge in [0.1, 0.15) is 0 Å². The highest BCUT2D eigenvalue weighted by molar-refractivity contribution is 7.99. The zero-order chi connectivity index (χ0) is 14.7. The molecular formula is C15H14N4OS. The number of carbonyl (C=O) groups excluding carboxylic acids is 1. The Labute approximate surface area is 126 Å². The fourth-order valence-electron chi connectivity index (χ4n) is 1.91. The molecule has 21 heavy (non-hydrogen) atoms. The number of imidazole rings is 1. The van der Waals surface area contributed by atoms with E-state index < -0.39 is 0 Å². The van der Waals surface area contributed by atoms with E-state index in [1.54, 1.807) is 18.1 Å². The third-order valence-corrected chi connectivity index (χ3v) is 3.94. The van der Waals surface area contributed by atoms with Crippen LogP contribution in [0.5, 0.6) is 0 Å². The van der Waals surface area contributed by atoms with Crippen LogP contribution in [0.25, 0.3) is 11.2 Å². The molecule has 0 atom stereocenters. The van der Waals surface area contributed by atoms with Gasteiger partial charge in [-0.3, -0.25) is 4.79 Å². The Kier molecular flexibility index (Phi) is 3.87. The van der Waals surface area contributed by atoms with Gasteiger partial charge >= 0.3 is 0 Å². The first-order valence-corrected chi connectivity index (χ1v) is 7.48. The predicted octanol–water partition coefficient (Wildman–Crippen LogP) is 2.71. The van der Waals surface area contributed by atoms with Crippen molar-refractivity contribution in [1.29, 1.82) is 0 Å². The van der Waals surface area contributed by atoms with Crippen LogP contribution in [0.4, 0.5) is 5.69 Å². The Morgan fingerprint density at radius 1 is 1.24 bits per heavy atom. The molecule has 0 aliphatic rings. The van der Waals surface area contributed by atoms with Crippen molar-refractivity contribution in [2.75, 3.05) is 17.7 Å². The maximum atomic E-state index is 12.2. The number of H-pyrrole nitrogens is 1. The summed E-state index contributed by atoms with van der Waals surface area (Å²) >= 11 is 1.38. The molecule has 0 fully saturated rings. The van der Waals surface area contributed by atoms with E-state index in [1.165, 1.54) is 11.8 Å². The minimum Gasteiger partial charge on any atom is -0.332 e. The van der Waals surface area contributed by atoms with E-state index in [1.807, 2.05) is 42.5 Å². The number of aromatic nitrogens is 3. The Morgan fingerprint density at radius 2 is 2.05 bits per heavy atom. The third-order valence-electron chi connectivity index (χ3n) is 3.09. The van der Waals surface area contributed by atoms with Crippen LogP contribution in [0.15, 0.2) is 53.8 Å². The quantitative estimate of drug-likeness (QED) is 0.752. The van der Waals surface area contributed by atoms with E-state index in [9.17, 15) is 4.79 Å². The highest BCUT2D eigenvalue weighted by atomic mass is 32.2. The van der Waals surface area contributed by atoms with Gasteiger partial charge in [0, 0.05) is 18.9 Å². The molecule has 0 aliphatic carbocycles. The lowest BCUT2D eigenvalue weighted by Crippen LogP contribution is -2.27. The van der Waals surface area contributed by atoms with Crippen LogP contribution in [-0.4, -0.2) is 33.7 Å². The zero-order valence-corrected chi connectivity index (χ0v) is 12.3. The lowest BCUT2D eigenvalue weighted by atomic mass is 10.3. The summed E-state index contributed by atoms with van der Waals surface area (Å²) < 4.78 is 0. The van der Waals surface area contributed by atoms with Crippen molar-refractivity contribution >= 4 is 34.5 Å².